The minimum Gasteiger partial charge on any atom is -0.346 e. The monoisotopic (exact) mass is 414 g/mol. The Balaban J connectivity index is 1.47. The van der Waals surface area contributed by atoms with Crippen LogP contribution in [0.2, 0.25) is 5.02 Å². The summed E-state index contributed by atoms with van der Waals surface area (Å²) in [5.41, 5.74) is -0.851. The number of carbonyl (C=O) groups is 1. The molecule has 2 N–H and O–H groups in total. The average molecular weight is 415 g/mol. The third kappa shape index (κ3) is 2.69. The van der Waals surface area contributed by atoms with Gasteiger partial charge in [-0.1, -0.05) is 17.7 Å². The first-order valence-corrected chi connectivity index (χ1v) is 10.3. The van der Waals surface area contributed by atoms with Gasteiger partial charge in [0.05, 0.1) is 27.0 Å². The van der Waals surface area contributed by atoms with E-state index in [4.69, 9.17) is 11.6 Å². The highest BCUT2D eigenvalue weighted by Crippen LogP contribution is 2.52. The Morgan fingerprint density at radius 2 is 1.96 bits per heavy atom. The van der Waals surface area contributed by atoms with Crippen molar-refractivity contribution in [3.05, 3.63) is 33.7 Å². The molecule has 1 aromatic carbocycles. The van der Waals surface area contributed by atoms with Gasteiger partial charge >= 0.3 is 6.18 Å². The number of nitrogens with one attached hydrogen (secondary N) is 2. The molecule has 0 radical (unpaired) electrons. The number of thiophene rings is 1. The van der Waals surface area contributed by atoms with Gasteiger partial charge in [0, 0.05) is 11.2 Å². The second-order valence-electron chi connectivity index (χ2n) is 7.91. The number of hydrogen-bond donors (Lipinski definition) is 2. The Hall–Kier alpha value is -1.31. The quantitative estimate of drug-likeness (QED) is 0.691. The number of alkyl halides is 3. The molecule has 3 nitrogen and oxygen atoms in total. The SMILES string of the molecule is O=C(NC1C2CCC(CC2)[C@@]12CN2)c1cc2ccc(Cl)c(C(F)(F)F)c2s1. The molecule has 1 aromatic heterocycles. The predicted octanol–water partition coefficient (Wildman–Crippen LogP) is 4.83. The lowest BCUT2D eigenvalue weighted by Gasteiger charge is -2.48. The van der Waals surface area contributed by atoms with Crippen LogP contribution < -0.4 is 10.6 Å². The van der Waals surface area contributed by atoms with Crippen LogP contribution in [0.1, 0.15) is 40.9 Å². The number of fused-ring (bicyclic) bond motifs is 3. The summed E-state index contributed by atoms with van der Waals surface area (Å²) >= 11 is 6.66. The van der Waals surface area contributed by atoms with Crippen LogP contribution in [0.15, 0.2) is 18.2 Å². The minimum absolute atomic E-state index is 0.00788. The zero-order valence-corrected chi connectivity index (χ0v) is 15.9. The van der Waals surface area contributed by atoms with Gasteiger partial charge in [-0.15, -0.1) is 11.3 Å². The molecule has 3 aliphatic carbocycles. The van der Waals surface area contributed by atoms with Crippen LogP contribution in [-0.4, -0.2) is 24.0 Å². The third-order valence-corrected chi connectivity index (χ3v) is 8.02. The largest absolute Gasteiger partial charge is 0.419 e. The van der Waals surface area contributed by atoms with Crippen molar-refractivity contribution >= 4 is 38.9 Å². The zero-order valence-electron chi connectivity index (χ0n) is 14.3. The van der Waals surface area contributed by atoms with Crippen molar-refractivity contribution in [1.82, 2.24) is 10.6 Å². The van der Waals surface area contributed by atoms with E-state index in [0.717, 1.165) is 30.7 Å². The normalized spacial score (nSPS) is 32.2. The van der Waals surface area contributed by atoms with Gasteiger partial charge in [0.1, 0.15) is 0 Å². The summed E-state index contributed by atoms with van der Waals surface area (Å²) in [6, 6.07) is 4.37. The summed E-state index contributed by atoms with van der Waals surface area (Å²) in [4.78, 5) is 13.2. The summed E-state index contributed by atoms with van der Waals surface area (Å²) in [6.45, 7) is 0.916. The highest BCUT2D eigenvalue weighted by Gasteiger charge is 2.61. The first kappa shape index (κ1) is 17.8. The lowest BCUT2D eigenvalue weighted by molar-refractivity contribution is -0.136. The van der Waals surface area contributed by atoms with E-state index in [2.05, 4.69) is 10.6 Å². The van der Waals surface area contributed by atoms with Crippen LogP contribution in [0, 0.1) is 11.8 Å². The molecule has 2 bridgehead atoms. The third-order valence-electron chi connectivity index (χ3n) is 6.54. The van der Waals surface area contributed by atoms with Crippen molar-refractivity contribution in [2.24, 2.45) is 11.8 Å². The van der Waals surface area contributed by atoms with Crippen molar-refractivity contribution in [3.63, 3.8) is 0 Å². The van der Waals surface area contributed by atoms with E-state index in [9.17, 15) is 18.0 Å². The summed E-state index contributed by atoms with van der Waals surface area (Å²) in [6.07, 6.45) is 0.0546. The van der Waals surface area contributed by atoms with Gasteiger partial charge in [0.15, 0.2) is 0 Å². The molecule has 2 atom stereocenters. The van der Waals surface area contributed by atoms with Crippen LogP contribution in [0.4, 0.5) is 13.2 Å². The molecule has 4 aliphatic rings. The van der Waals surface area contributed by atoms with Crippen molar-refractivity contribution in [1.29, 1.82) is 0 Å². The molecule has 1 aliphatic heterocycles. The second-order valence-corrected chi connectivity index (χ2v) is 9.37. The molecule has 1 amide bonds. The van der Waals surface area contributed by atoms with Crippen LogP contribution >= 0.6 is 22.9 Å². The number of hydrogen-bond acceptors (Lipinski definition) is 3. The average Bonchev–Trinajstić information content (AvgIpc) is 3.27. The zero-order chi connectivity index (χ0) is 19.0. The lowest BCUT2D eigenvalue weighted by atomic mass is 9.61. The summed E-state index contributed by atoms with van der Waals surface area (Å²) < 4.78 is 40.2. The van der Waals surface area contributed by atoms with Gasteiger partial charge in [-0.3, -0.25) is 4.79 Å². The van der Waals surface area contributed by atoms with E-state index in [1.165, 1.54) is 31.0 Å². The van der Waals surface area contributed by atoms with E-state index >= 15 is 0 Å². The molecule has 3 saturated carbocycles. The number of rotatable bonds is 2. The molecular formula is C19H18ClF3N2OS. The molecule has 144 valence electrons. The summed E-state index contributed by atoms with van der Waals surface area (Å²) in [5.74, 6) is 0.750. The Kier molecular flexibility index (Phi) is 3.85. The van der Waals surface area contributed by atoms with E-state index in [1.54, 1.807) is 0 Å². The highest BCUT2D eigenvalue weighted by molar-refractivity contribution is 7.21. The number of halogens is 4. The maximum Gasteiger partial charge on any atom is 0.419 e. The molecule has 8 heteroatoms. The first-order chi connectivity index (χ1) is 12.8. The van der Waals surface area contributed by atoms with Crippen LogP contribution in [0.5, 0.6) is 0 Å². The first-order valence-electron chi connectivity index (χ1n) is 9.15. The molecule has 1 saturated heterocycles. The van der Waals surface area contributed by atoms with Crippen molar-refractivity contribution in [3.8, 4) is 0 Å². The van der Waals surface area contributed by atoms with Gasteiger partial charge < -0.3 is 10.6 Å². The van der Waals surface area contributed by atoms with Gasteiger partial charge in [-0.05, 0) is 55.0 Å². The van der Waals surface area contributed by atoms with E-state index in [1.807, 2.05) is 0 Å². The van der Waals surface area contributed by atoms with Gasteiger partial charge in [0.2, 0.25) is 0 Å². The molecule has 2 aromatic rings. The molecule has 27 heavy (non-hydrogen) atoms. The molecular weight excluding hydrogens is 397 g/mol. The fourth-order valence-electron chi connectivity index (χ4n) is 5.17. The van der Waals surface area contributed by atoms with Crippen molar-refractivity contribution in [2.75, 3.05) is 6.54 Å². The molecule has 2 heterocycles. The van der Waals surface area contributed by atoms with Crippen molar-refractivity contribution < 1.29 is 18.0 Å². The lowest BCUT2D eigenvalue weighted by Crippen LogP contribution is -2.60. The predicted molar refractivity (Wildman–Crippen MR) is 99.3 cm³/mol. The summed E-state index contributed by atoms with van der Waals surface area (Å²) in [5, 5.41) is 6.68. The Bertz CT molecular complexity index is 929. The smallest absolute Gasteiger partial charge is 0.346 e. The van der Waals surface area contributed by atoms with Gasteiger partial charge in [-0.2, -0.15) is 13.2 Å². The fourth-order valence-corrected chi connectivity index (χ4v) is 6.62. The topological polar surface area (TPSA) is 51.0 Å². The Labute approximate surface area is 163 Å². The standard InChI is InChI=1S/C19H18ClF3N2OS/c20-12-6-3-10-7-13(27-15(10)14(12)19(21,22)23)17(26)25-16-9-1-4-11(5-2-9)18(16)8-24-18/h3,6-7,9,11,16,24H,1-2,4-5,8H2,(H,25,26)/t9?,11?,16?,18-/m0/s1. The maximum atomic E-state index is 13.4. The van der Waals surface area contributed by atoms with Gasteiger partial charge in [0.25, 0.3) is 5.91 Å². The molecule has 6 rings (SSSR count). The second kappa shape index (κ2) is 5.84. The van der Waals surface area contributed by atoms with E-state index in [0.29, 0.717) is 22.1 Å². The number of benzene rings is 1. The van der Waals surface area contributed by atoms with Gasteiger partial charge in [-0.25, -0.2) is 0 Å². The number of amides is 1. The van der Waals surface area contributed by atoms with E-state index < -0.39 is 11.7 Å². The molecule has 1 unspecified atom stereocenters. The Morgan fingerprint density at radius 3 is 2.59 bits per heavy atom. The number of carbonyl (C=O) groups excluding carboxylic acids is 1. The molecule has 1 spiro atoms. The maximum absolute atomic E-state index is 13.4. The van der Waals surface area contributed by atoms with Crippen LogP contribution in [-0.2, 0) is 6.18 Å². The van der Waals surface area contributed by atoms with E-state index in [-0.39, 0.29) is 27.2 Å². The molecule has 4 fully saturated rings. The van der Waals surface area contributed by atoms with Crippen LogP contribution in [0.3, 0.4) is 0 Å². The minimum atomic E-state index is -4.56. The highest BCUT2D eigenvalue weighted by atomic mass is 35.5. The fraction of sp³-hybridized carbons (Fsp3) is 0.526. The Morgan fingerprint density at radius 1 is 1.26 bits per heavy atom. The van der Waals surface area contributed by atoms with Crippen molar-refractivity contribution in [2.45, 2.75) is 43.4 Å². The summed E-state index contributed by atoms with van der Waals surface area (Å²) in [7, 11) is 0. The van der Waals surface area contributed by atoms with Crippen LogP contribution in [0.25, 0.3) is 10.1 Å².